The first-order valence-corrected chi connectivity index (χ1v) is 16.5. The van der Waals surface area contributed by atoms with Crippen molar-refractivity contribution in [3.63, 3.8) is 0 Å². The van der Waals surface area contributed by atoms with E-state index in [2.05, 4.69) is 0 Å². The van der Waals surface area contributed by atoms with Crippen LogP contribution in [0.3, 0.4) is 0 Å². The molecule has 4 unspecified atom stereocenters. The van der Waals surface area contributed by atoms with Gasteiger partial charge in [0.25, 0.3) is 0 Å². The maximum Gasteiger partial charge on any atom is 0.336 e. The molecule has 0 aromatic heterocycles. The summed E-state index contributed by atoms with van der Waals surface area (Å²) in [6.07, 6.45) is -5.44. The number of ether oxygens (including phenoxy) is 9. The van der Waals surface area contributed by atoms with Gasteiger partial charge >= 0.3 is 5.97 Å². The van der Waals surface area contributed by atoms with Crippen molar-refractivity contribution in [1.82, 2.24) is 0 Å². The number of hydrogen-bond donors (Lipinski definition) is 0. The van der Waals surface area contributed by atoms with Crippen molar-refractivity contribution in [2.45, 2.75) is 82.9 Å². The van der Waals surface area contributed by atoms with Crippen LogP contribution in [0.25, 0.3) is 0 Å². The van der Waals surface area contributed by atoms with Crippen LogP contribution < -0.4 is 0 Å². The number of hydrogen-bond acceptors (Lipinski definition) is 10. The molecule has 3 aromatic carbocycles. The van der Waals surface area contributed by atoms with Gasteiger partial charge in [0.1, 0.15) is 24.9 Å². The highest BCUT2D eigenvalue weighted by atomic mass is 16.7. The number of benzene rings is 3. The van der Waals surface area contributed by atoms with Crippen molar-refractivity contribution < 1.29 is 47.4 Å². The second kappa shape index (κ2) is 18.0. The molecule has 10 atom stereocenters. The standard InChI is InChI=1S/C38H48O10/c1-25-31(47-38-35(41-4)32(40-3)26(2)33(48-38)36(39)45-23-29-19-13-8-14-20-29)30(24-43-21-27-15-9-6-10-16-27)46-37(42-5)34(25)44-22-28-17-11-7-12-18-28/h6-20,25-26,30-35,37-38H,21-24H2,1-5H3/t25?,26-,30-,31-,32+,33?,34?,35?,37-,38+/m0/s1. The lowest BCUT2D eigenvalue weighted by Gasteiger charge is -2.48. The Hall–Kier alpha value is -3.19. The lowest BCUT2D eigenvalue weighted by Crippen LogP contribution is -2.62. The highest BCUT2D eigenvalue weighted by Gasteiger charge is 2.52. The van der Waals surface area contributed by atoms with Crippen LogP contribution in [0.4, 0.5) is 0 Å². The molecule has 0 aliphatic carbocycles. The summed E-state index contributed by atoms with van der Waals surface area (Å²) in [5.41, 5.74) is 2.94. The molecular weight excluding hydrogens is 616 g/mol. The highest BCUT2D eigenvalue weighted by Crippen LogP contribution is 2.37. The summed E-state index contributed by atoms with van der Waals surface area (Å²) < 4.78 is 55.6. The average molecular weight is 665 g/mol. The summed E-state index contributed by atoms with van der Waals surface area (Å²) in [6, 6.07) is 29.3. The largest absolute Gasteiger partial charge is 0.459 e. The zero-order chi connectivity index (χ0) is 33.9. The molecule has 0 N–H and O–H groups in total. The molecule has 10 nitrogen and oxygen atoms in total. The van der Waals surface area contributed by atoms with E-state index < -0.39 is 55.2 Å². The van der Waals surface area contributed by atoms with Gasteiger partial charge < -0.3 is 42.6 Å². The fraction of sp³-hybridized carbons (Fsp3) is 0.500. The predicted octanol–water partition coefficient (Wildman–Crippen LogP) is 5.32. The molecule has 2 fully saturated rings. The van der Waals surface area contributed by atoms with Gasteiger partial charge in [0.2, 0.25) is 0 Å². The van der Waals surface area contributed by atoms with Crippen LogP contribution >= 0.6 is 0 Å². The van der Waals surface area contributed by atoms with E-state index in [1.807, 2.05) is 105 Å². The Bertz CT molecular complexity index is 1360. The minimum Gasteiger partial charge on any atom is -0.459 e. The van der Waals surface area contributed by atoms with Gasteiger partial charge in [-0.2, -0.15) is 0 Å². The SMILES string of the molecule is COC1[C@H](O[C@H]2C(C)C(OCc3ccccc3)[C@@H](OC)O[C@H]2COCc2ccccc2)OC(C(=O)OCc2ccccc2)[C@@H](C)[C@H]1OC. The van der Waals surface area contributed by atoms with Gasteiger partial charge in [-0.1, -0.05) is 105 Å². The molecule has 2 saturated heterocycles. The molecule has 2 aliphatic heterocycles. The minimum atomic E-state index is -0.994. The summed E-state index contributed by atoms with van der Waals surface area (Å²) in [4.78, 5) is 13.5. The van der Waals surface area contributed by atoms with E-state index in [1.165, 1.54) is 0 Å². The first-order chi connectivity index (χ1) is 23.4. The van der Waals surface area contributed by atoms with E-state index in [4.69, 9.17) is 42.6 Å². The lowest BCUT2D eigenvalue weighted by atomic mass is 9.88. The Kier molecular flexibility index (Phi) is 13.5. The maximum absolute atomic E-state index is 13.5. The molecule has 0 radical (unpaired) electrons. The number of rotatable bonds is 15. The fourth-order valence-electron chi connectivity index (χ4n) is 6.41. The minimum absolute atomic E-state index is 0.121. The Morgan fingerprint density at radius 1 is 0.604 bits per heavy atom. The summed E-state index contributed by atoms with van der Waals surface area (Å²) >= 11 is 0. The molecule has 0 saturated carbocycles. The quantitative estimate of drug-likeness (QED) is 0.199. The van der Waals surface area contributed by atoms with Crippen molar-refractivity contribution in [1.29, 1.82) is 0 Å². The van der Waals surface area contributed by atoms with Crippen LogP contribution in [0.1, 0.15) is 30.5 Å². The topological polar surface area (TPSA) is 100 Å². The summed E-state index contributed by atoms with van der Waals surface area (Å²) in [5, 5.41) is 0. The molecule has 0 amide bonds. The summed E-state index contributed by atoms with van der Waals surface area (Å²) in [6.45, 7) is 5.01. The maximum atomic E-state index is 13.5. The van der Waals surface area contributed by atoms with Gasteiger partial charge in [-0.05, 0) is 16.7 Å². The summed E-state index contributed by atoms with van der Waals surface area (Å²) in [7, 11) is 4.76. The average Bonchev–Trinajstić information content (AvgIpc) is 3.12. The number of esters is 1. The van der Waals surface area contributed by atoms with Gasteiger partial charge in [-0.3, -0.25) is 0 Å². The van der Waals surface area contributed by atoms with E-state index in [0.29, 0.717) is 13.2 Å². The van der Waals surface area contributed by atoms with Gasteiger partial charge in [0.15, 0.2) is 18.7 Å². The Balaban J connectivity index is 1.36. The number of carbonyl (C=O) groups excluding carboxylic acids is 1. The van der Waals surface area contributed by atoms with Crippen molar-refractivity contribution >= 4 is 5.97 Å². The van der Waals surface area contributed by atoms with Gasteiger partial charge in [0.05, 0.1) is 32.0 Å². The van der Waals surface area contributed by atoms with Crippen LogP contribution in [-0.4, -0.2) is 83.1 Å². The number of carbonyl (C=O) groups is 1. The molecule has 2 aliphatic rings. The molecule has 2 heterocycles. The predicted molar refractivity (Wildman–Crippen MR) is 176 cm³/mol. The van der Waals surface area contributed by atoms with Crippen LogP contribution in [0.2, 0.25) is 0 Å². The second-order valence-electron chi connectivity index (χ2n) is 12.3. The number of methoxy groups -OCH3 is 3. The van der Waals surface area contributed by atoms with Crippen molar-refractivity contribution in [3.8, 4) is 0 Å². The first kappa shape index (κ1) is 36.1. The normalized spacial score (nSPS) is 30.5. The van der Waals surface area contributed by atoms with E-state index >= 15 is 0 Å². The Morgan fingerprint density at radius 2 is 1.17 bits per heavy atom. The second-order valence-corrected chi connectivity index (χ2v) is 12.3. The van der Waals surface area contributed by atoms with Crippen LogP contribution in [0.5, 0.6) is 0 Å². The summed E-state index contributed by atoms with van der Waals surface area (Å²) in [5.74, 6) is -1.13. The van der Waals surface area contributed by atoms with Crippen molar-refractivity contribution in [2.75, 3.05) is 27.9 Å². The Morgan fingerprint density at radius 3 is 1.73 bits per heavy atom. The van der Waals surface area contributed by atoms with Gasteiger partial charge in [-0.15, -0.1) is 0 Å². The van der Waals surface area contributed by atoms with Crippen LogP contribution in [0.15, 0.2) is 91.0 Å². The van der Waals surface area contributed by atoms with E-state index in [-0.39, 0.29) is 25.0 Å². The zero-order valence-corrected chi connectivity index (χ0v) is 28.3. The first-order valence-electron chi connectivity index (χ1n) is 16.5. The third-order valence-electron chi connectivity index (χ3n) is 9.05. The molecule has 0 spiro atoms. The lowest BCUT2D eigenvalue weighted by molar-refractivity contribution is -0.350. The molecular formula is C38H48O10. The van der Waals surface area contributed by atoms with E-state index in [1.54, 1.807) is 21.3 Å². The van der Waals surface area contributed by atoms with E-state index in [9.17, 15) is 4.79 Å². The van der Waals surface area contributed by atoms with Crippen molar-refractivity contribution in [2.24, 2.45) is 11.8 Å². The third-order valence-corrected chi connectivity index (χ3v) is 9.05. The molecule has 10 heteroatoms. The highest BCUT2D eigenvalue weighted by molar-refractivity contribution is 5.75. The molecule has 5 rings (SSSR count). The third kappa shape index (κ3) is 9.07. The van der Waals surface area contributed by atoms with E-state index in [0.717, 1.165) is 16.7 Å². The van der Waals surface area contributed by atoms with Gasteiger partial charge in [-0.25, -0.2) is 4.79 Å². The van der Waals surface area contributed by atoms with Crippen LogP contribution in [0, 0.1) is 11.8 Å². The smallest absolute Gasteiger partial charge is 0.336 e. The Labute approximate surface area is 283 Å². The zero-order valence-electron chi connectivity index (χ0n) is 28.3. The van der Waals surface area contributed by atoms with Crippen LogP contribution in [-0.2, 0) is 67.2 Å². The molecule has 260 valence electrons. The van der Waals surface area contributed by atoms with Crippen molar-refractivity contribution in [3.05, 3.63) is 108 Å². The monoisotopic (exact) mass is 664 g/mol. The van der Waals surface area contributed by atoms with Gasteiger partial charge in [0, 0.05) is 33.2 Å². The molecule has 48 heavy (non-hydrogen) atoms. The molecule has 3 aromatic rings. The fourth-order valence-corrected chi connectivity index (χ4v) is 6.41. The molecule has 0 bridgehead atoms.